The average Bonchev–Trinajstić information content (AvgIpc) is 2.52. The number of guanidine groups is 1. The van der Waals surface area contributed by atoms with Crippen LogP contribution in [0.1, 0.15) is 5.56 Å². The summed E-state index contributed by atoms with van der Waals surface area (Å²) in [5.74, 6) is -0.155. The minimum Gasteiger partial charge on any atom is -0.369 e. The van der Waals surface area contributed by atoms with Gasteiger partial charge in [0.05, 0.1) is 4.92 Å². The van der Waals surface area contributed by atoms with Crippen molar-refractivity contribution in [2.75, 3.05) is 0 Å². The van der Waals surface area contributed by atoms with Gasteiger partial charge >= 0.3 is 0 Å². The van der Waals surface area contributed by atoms with Gasteiger partial charge in [-0.3, -0.25) is 10.1 Å². The summed E-state index contributed by atoms with van der Waals surface area (Å²) in [6, 6.07) is 11.7. The SMILES string of the molecule is NC(N)=N/N=C(\C[n+]1ccccc1)c1ccc([N+](=O)[O-])cc1. The summed E-state index contributed by atoms with van der Waals surface area (Å²) in [4.78, 5) is 10.2. The highest BCUT2D eigenvalue weighted by Crippen LogP contribution is 2.13. The van der Waals surface area contributed by atoms with Gasteiger partial charge < -0.3 is 11.5 Å². The summed E-state index contributed by atoms with van der Waals surface area (Å²) in [7, 11) is 0. The Labute approximate surface area is 126 Å². The smallest absolute Gasteiger partial charge is 0.269 e. The zero-order valence-corrected chi connectivity index (χ0v) is 11.7. The van der Waals surface area contributed by atoms with Crippen LogP contribution in [-0.2, 0) is 6.54 Å². The van der Waals surface area contributed by atoms with Gasteiger partial charge in [-0.05, 0) is 12.1 Å². The van der Waals surface area contributed by atoms with Crippen molar-refractivity contribution in [2.24, 2.45) is 21.7 Å². The van der Waals surface area contributed by atoms with Crippen LogP contribution in [0.5, 0.6) is 0 Å². The third-order valence-corrected chi connectivity index (χ3v) is 2.81. The lowest BCUT2D eigenvalue weighted by atomic mass is 10.1. The third kappa shape index (κ3) is 4.10. The van der Waals surface area contributed by atoms with E-state index in [9.17, 15) is 10.1 Å². The van der Waals surface area contributed by atoms with E-state index in [0.717, 1.165) is 0 Å². The number of rotatable bonds is 5. The number of non-ortho nitro benzene ring substituents is 1. The predicted octanol–water partition coefficient (Wildman–Crippen LogP) is 0.560. The first-order chi connectivity index (χ1) is 10.6. The van der Waals surface area contributed by atoms with E-state index in [4.69, 9.17) is 11.5 Å². The Morgan fingerprint density at radius 3 is 2.27 bits per heavy atom. The number of benzene rings is 1. The molecule has 0 radical (unpaired) electrons. The van der Waals surface area contributed by atoms with E-state index in [0.29, 0.717) is 17.8 Å². The van der Waals surface area contributed by atoms with Crippen molar-refractivity contribution in [3.63, 3.8) is 0 Å². The molecule has 8 heteroatoms. The molecule has 22 heavy (non-hydrogen) atoms. The van der Waals surface area contributed by atoms with Gasteiger partial charge in [0.2, 0.25) is 5.96 Å². The first kappa shape index (κ1) is 15.1. The molecule has 0 aliphatic carbocycles. The molecule has 0 atom stereocenters. The molecule has 0 amide bonds. The van der Waals surface area contributed by atoms with E-state index >= 15 is 0 Å². The lowest BCUT2D eigenvalue weighted by molar-refractivity contribution is -0.681. The van der Waals surface area contributed by atoms with E-state index in [1.165, 1.54) is 12.1 Å². The van der Waals surface area contributed by atoms with Crippen LogP contribution in [0.4, 0.5) is 5.69 Å². The molecule has 0 aliphatic rings. The monoisotopic (exact) mass is 299 g/mol. The molecule has 1 aromatic heterocycles. The minimum absolute atomic E-state index is 0.0114. The van der Waals surface area contributed by atoms with Crippen LogP contribution in [0.25, 0.3) is 0 Å². The number of nitrogens with zero attached hydrogens (tertiary/aromatic N) is 4. The molecule has 0 saturated heterocycles. The summed E-state index contributed by atoms with van der Waals surface area (Å²) in [6.07, 6.45) is 3.74. The molecule has 1 aromatic carbocycles. The van der Waals surface area contributed by atoms with E-state index < -0.39 is 4.92 Å². The molecule has 0 fully saturated rings. The second kappa shape index (κ2) is 6.93. The van der Waals surface area contributed by atoms with Crippen LogP contribution in [0.15, 0.2) is 65.1 Å². The number of nitro benzene ring substituents is 1. The van der Waals surface area contributed by atoms with Crippen molar-refractivity contribution in [3.05, 3.63) is 70.5 Å². The number of hydrogen-bond acceptors (Lipinski definition) is 4. The molecular formula is C14H15N6O2+. The van der Waals surface area contributed by atoms with Crippen molar-refractivity contribution in [3.8, 4) is 0 Å². The normalized spacial score (nSPS) is 11.0. The van der Waals surface area contributed by atoms with E-state index in [1.807, 2.05) is 35.2 Å². The van der Waals surface area contributed by atoms with Gasteiger partial charge in [-0.25, -0.2) is 0 Å². The maximum atomic E-state index is 10.7. The highest BCUT2D eigenvalue weighted by molar-refractivity contribution is 6.00. The first-order valence-corrected chi connectivity index (χ1v) is 6.40. The molecule has 112 valence electrons. The van der Waals surface area contributed by atoms with Crippen molar-refractivity contribution >= 4 is 17.4 Å². The Morgan fingerprint density at radius 2 is 1.73 bits per heavy atom. The van der Waals surface area contributed by atoms with Gasteiger partial charge in [-0.2, -0.15) is 4.57 Å². The molecular weight excluding hydrogens is 284 g/mol. The Balaban J connectivity index is 2.34. The Morgan fingerprint density at radius 1 is 1.09 bits per heavy atom. The molecule has 8 nitrogen and oxygen atoms in total. The number of nitro groups is 1. The van der Waals surface area contributed by atoms with Gasteiger partial charge in [-0.1, -0.05) is 6.07 Å². The lowest BCUT2D eigenvalue weighted by Gasteiger charge is -2.02. The third-order valence-electron chi connectivity index (χ3n) is 2.81. The van der Waals surface area contributed by atoms with Gasteiger partial charge in [0, 0.05) is 29.8 Å². The van der Waals surface area contributed by atoms with Gasteiger partial charge in [0.1, 0.15) is 5.71 Å². The zero-order valence-electron chi connectivity index (χ0n) is 11.7. The summed E-state index contributed by atoms with van der Waals surface area (Å²) in [5.41, 5.74) is 11.9. The van der Waals surface area contributed by atoms with Crippen LogP contribution in [0, 0.1) is 10.1 Å². The fourth-order valence-corrected chi connectivity index (χ4v) is 1.79. The van der Waals surface area contributed by atoms with E-state index in [2.05, 4.69) is 10.2 Å². The number of hydrogen-bond donors (Lipinski definition) is 2. The van der Waals surface area contributed by atoms with E-state index in [-0.39, 0.29) is 11.6 Å². The molecule has 2 aromatic rings. The van der Waals surface area contributed by atoms with E-state index in [1.54, 1.807) is 12.1 Å². The molecule has 0 aliphatic heterocycles. The van der Waals surface area contributed by atoms with Crippen molar-refractivity contribution in [1.82, 2.24) is 0 Å². The Bertz CT molecular complexity index is 706. The maximum absolute atomic E-state index is 10.7. The standard InChI is InChI=1S/C14H15N6O2/c15-14(16)18-17-13(10-19-8-2-1-3-9-19)11-4-6-12(7-5-11)20(21)22/h1-9H,10H2,(H4,15,16,18)/q+1/b17-13+. The number of nitrogens with two attached hydrogens (primary N) is 2. The highest BCUT2D eigenvalue weighted by atomic mass is 16.6. The van der Waals surface area contributed by atoms with Crippen LogP contribution in [-0.4, -0.2) is 16.6 Å². The van der Waals surface area contributed by atoms with Crippen LogP contribution in [0.2, 0.25) is 0 Å². The number of pyridine rings is 1. The molecule has 0 spiro atoms. The molecule has 0 saturated carbocycles. The second-order valence-electron chi connectivity index (χ2n) is 4.42. The molecule has 0 bridgehead atoms. The van der Waals surface area contributed by atoms with Crippen LogP contribution in [0.3, 0.4) is 0 Å². The number of aromatic nitrogens is 1. The average molecular weight is 299 g/mol. The van der Waals surface area contributed by atoms with Crippen molar-refractivity contribution in [2.45, 2.75) is 6.54 Å². The molecule has 2 rings (SSSR count). The van der Waals surface area contributed by atoms with Gasteiger partial charge in [0.15, 0.2) is 18.9 Å². The molecule has 0 unspecified atom stereocenters. The quantitative estimate of drug-likeness (QED) is 0.275. The molecule has 4 N–H and O–H groups in total. The minimum atomic E-state index is -0.456. The van der Waals surface area contributed by atoms with Crippen LogP contribution < -0.4 is 16.0 Å². The molecule has 1 heterocycles. The van der Waals surface area contributed by atoms with Crippen molar-refractivity contribution < 1.29 is 9.49 Å². The van der Waals surface area contributed by atoms with Crippen molar-refractivity contribution in [1.29, 1.82) is 0 Å². The predicted molar refractivity (Wildman–Crippen MR) is 82.1 cm³/mol. The fraction of sp³-hybridized carbons (Fsp3) is 0.0714. The summed E-state index contributed by atoms with van der Waals surface area (Å²) in [6.45, 7) is 0.426. The zero-order chi connectivity index (χ0) is 15.9. The summed E-state index contributed by atoms with van der Waals surface area (Å²) < 4.78 is 1.89. The Hall–Kier alpha value is -3.29. The lowest BCUT2D eigenvalue weighted by Crippen LogP contribution is -2.37. The first-order valence-electron chi connectivity index (χ1n) is 6.40. The van der Waals surface area contributed by atoms with Gasteiger partial charge in [0.25, 0.3) is 5.69 Å². The highest BCUT2D eigenvalue weighted by Gasteiger charge is 2.12. The second-order valence-corrected chi connectivity index (χ2v) is 4.42. The summed E-state index contributed by atoms with van der Waals surface area (Å²) in [5, 5.41) is 18.4. The summed E-state index contributed by atoms with van der Waals surface area (Å²) >= 11 is 0. The van der Waals surface area contributed by atoms with Crippen LogP contribution >= 0.6 is 0 Å². The fourth-order valence-electron chi connectivity index (χ4n) is 1.79. The topological polar surface area (TPSA) is 124 Å². The largest absolute Gasteiger partial charge is 0.369 e. The Kier molecular flexibility index (Phi) is 4.76. The van der Waals surface area contributed by atoms with Gasteiger partial charge in [-0.15, -0.1) is 10.2 Å². The maximum Gasteiger partial charge on any atom is 0.269 e.